The van der Waals surface area contributed by atoms with Gasteiger partial charge in [-0.05, 0) is 23.9 Å². The number of rotatable bonds is 3. The molecule has 0 spiro atoms. The van der Waals surface area contributed by atoms with E-state index in [1.54, 1.807) is 6.07 Å². The lowest BCUT2D eigenvalue weighted by Crippen LogP contribution is -2.05. The maximum atomic E-state index is 12.2. The minimum absolute atomic E-state index is 0.162. The van der Waals surface area contributed by atoms with Gasteiger partial charge in [-0.3, -0.25) is 0 Å². The number of ether oxygens (including phenoxy) is 1. The molecule has 0 aliphatic rings. The van der Waals surface area contributed by atoms with Gasteiger partial charge >= 0.3 is 11.5 Å². The van der Waals surface area contributed by atoms with E-state index in [1.807, 2.05) is 0 Å². The second kappa shape index (κ2) is 5.18. The molecule has 0 aliphatic carbocycles. The normalized spacial score (nSPS) is 10.8. The Morgan fingerprint density at radius 2 is 2.11 bits per heavy atom. The molecular formula is C10H6F3NO3S. The van der Waals surface area contributed by atoms with E-state index in [9.17, 15) is 18.0 Å². The van der Waals surface area contributed by atoms with E-state index in [-0.39, 0.29) is 11.3 Å². The van der Waals surface area contributed by atoms with Gasteiger partial charge in [0.15, 0.2) is 0 Å². The molecule has 0 radical (unpaired) electrons. The summed E-state index contributed by atoms with van der Waals surface area (Å²) in [6.45, 7) is 0. The number of halogens is 3. The van der Waals surface area contributed by atoms with Crippen LogP contribution in [0.3, 0.4) is 0 Å². The lowest BCUT2D eigenvalue weighted by atomic mass is 10.1. The molecule has 0 bridgehead atoms. The molecule has 0 aliphatic heterocycles. The van der Waals surface area contributed by atoms with Crippen molar-refractivity contribution >= 4 is 17.7 Å². The summed E-state index contributed by atoms with van der Waals surface area (Å²) >= 11 is -0.539. The first-order valence-electron chi connectivity index (χ1n) is 4.39. The second-order valence-electron chi connectivity index (χ2n) is 3.01. The molecule has 8 heteroatoms. The van der Waals surface area contributed by atoms with Crippen molar-refractivity contribution < 1.29 is 27.8 Å². The number of nitriles is 1. The van der Waals surface area contributed by atoms with Gasteiger partial charge in [0.05, 0.1) is 12.7 Å². The Balaban J connectivity index is 3.38. The largest absolute Gasteiger partial charge is 0.496 e. The number of hydrogen-bond donors (Lipinski definition) is 1. The molecule has 0 saturated heterocycles. The van der Waals surface area contributed by atoms with Crippen LogP contribution in [0.4, 0.5) is 13.2 Å². The van der Waals surface area contributed by atoms with Gasteiger partial charge in [0, 0.05) is 4.90 Å². The van der Waals surface area contributed by atoms with Crippen molar-refractivity contribution in [3.63, 3.8) is 0 Å². The Bertz CT molecular complexity index is 522. The summed E-state index contributed by atoms with van der Waals surface area (Å²) in [5, 5.41) is 17.6. The minimum atomic E-state index is -4.60. The third-order valence-corrected chi connectivity index (χ3v) is 2.67. The lowest BCUT2D eigenvalue weighted by molar-refractivity contribution is -0.0328. The molecule has 0 heterocycles. The van der Waals surface area contributed by atoms with Crippen molar-refractivity contribution in [2.45, 2.75) is 10.4 Å². The zero-order chi connectivity index (χ0) is 13.9. The van der Waals surface area contributed by atoms with Crippen LogP contribution < -0.4 is 4.74 Å². The zero-order valence-electron chi connectivity index (χ0n) is 8.91. The van der Waals surface area contributed by atoms with Gasteiger partial charge in [0.2, 0.25) is 0 Å². The van der Waals surface area contributed by atoms with Crippen LogP contribution in [0.1, 0.15) is 15.9 Å². The summed E-state index contributed by atoms with van der Waals surface area (Å²) in [5.41, 5.74) is -5.32. The number of aromatic carboxylic acids is 1. The lowest BCUT2D eigenvalue weighted by Gasteiger charge is -2.11. The predicted molar refractivity (Wildman–Crippen MR) is 56.6 cm³/mol. The summed E-state index contributed by atoms with van der Waals surface area (Å²) in [7, 11) is 1.17. The molecule has 1 rings (SSSR count). The fraction of sp³-hybridized carbons (Fsp3) is 0.200. The first-order valence-corrected chi connectivity index (χ1v) is 5.21. The molecular weight excluding hydrogens is 271 g/mol. The number of nitrogens with zero attached hydrogens (tertiary/aromatic N) is 1. The van der Waals surface area contributed by atoms with Crippen LogP contribution in [0, 0.1) is 11.3 Å². The molecule has 1 N–H and O–H groups in total. The van der Waals surface area contributed by atoms with E-state index in [1.165, 1.54) is 7.11 Å². The van der Waals surface area contributed by atoms with Crippen LogP contribution in [0.15, 0.2) is 17.0 Å². The first kappa shape index (κ1) is 14.2. The number of carboxylic acid groups (broad SMARTS) is 1. The van der Waals surface area contributed by atoms with Gasteiger partial charge in [-0.1, -0.05) is 0 Å². The van der Waals surface area contributed by atoms with Crippen molar-refractivity contribution in [1.29, 1.82) is 5.26 Å². The van der Waals surface area contributed by atoms with Gasteiger partial charge in [-0.15, -0.1) is 0 Å². The Kier molecular flexibility index (Phi) is 4.08. The molecule has 1 aromatic carbocycles. The van der Waals surface area contributed by atoms with Gasteiger partial charge < -0.3 is 9.84 Å². The average molecular weight is 277 g/mol. The summed E-state index contributed by atoms with van der Waals surface area (Å²) < 4.78 is 41.5. The number of hydrogen-bond acceptors (Lipinski definition) is 4. The topological polar surface area (TPSA) is 70.3 Å². The monoisotopic (exact) mass is 277 g/mol. The van der Waals surface area contributed by atoms with Crippen molar-refractivity contribution in [2.24, 2.45) is 0 Å². The Morgan fingerprint density at radius 1 is 1.50 bits per heavy atom. The summed E-state index contributed by atoms with van der Waals surface area (Å²) in [4.78, 5) is 10.4. The molecule has 0 fully saturated rings. The van der Waals surface area contributed by atoms with Crippen LogP contribution in [-0.4, -0.2) is 23.7 Å². The molecule has 0 saturated carbocycles. The van der Waals surface area contributed by atoms with Crippen LogP contribution >= 0.6 is 11.8 Å². The van der Waals surface area contributed by atoms with E-state index < -0.39 is 33.7 Å². The molecule has 0 atom stereocenters. The van der Waals surface area contributed by atoms with Crippen molar-refractivity contribution in [1.82, 2.24) is 0 Å². The highest BCUT2D eigenvalue weighted by molar-refractivity contribution is 8.00. The number of carboxylic acids is 1. The maximum absolute atomic E-state index is 12.2. The van der Waals surface area contributed by atoms with Crippen LogP contribution in [0.2, 0.25) is 0 Å². The number of methoxy groups -OCH3 is 1. The quantitative estimate of drug-likeness (QED) is 0.860. The molecule has 0 amide bonds. The van der Waals surface area contributed by atoms with E-state index >= 15 is 0 Å². The van der Waals surface area contributed by atoms with E-state index in [0.29, 0.717) is 0 Å². The van der Waals surface area contributed by atoms with Crippen LogP contribution in [-0.2, 0) is 0 Å². The van der Waals surface area contributed by atoms with Gasteiger partial charge in [-0.2, -0.15) is 18.4 Å². The summed E-state index contributed by atoms with van der Waals surface area (Å²) in [6, 6.07) is 3.31. The number of benzene rings is 1. The van der Waals surface area contributed by atoms with Crippen LogP contribution in [0.25, 0.3) is 0 Å². The van der Waals surface area contributed by atoms with Gasteiger partial charge in [-0.25, -0.2) is 4.79 Å². The highest BCUT2D eigenvalue weighted by atomic mass is 32.2. The summed E-state index contributed by atoms with van der Waals surface area (Å²) in [6.07, 6.45) is 0. The zero-order valence-corrected chi connectivity index (χ0v) is 9.72. The molecule has 1 aromatic rings. The second-order valence-corrected chi connectivity index (χ2v) is 4.12. The van der Waals surface area contributed by atoms with Crippen molar-refractivity contribution in [3.8, 4) is 11.8 Å². The molecule has 0 aromatic heterocycles. The SMILES string of the molecule is COc1cc(C#N)c(SC(F)(F)F)cc1C(=O)O. The Hall–Kier alpha value is -1.88. The number of thioether (sulfide) groups is 1. The average Bonchev–Trinajstić information content (AvgIpc) is 2.26. The number of carbonyl (C=O) groups is 1. The number of alkyl halides is 3. The van der Waals surface area contributed by atoms with E-state index in [0.717, 1.165) is 12.1 Å². The van der Waals surface area contributed by atoms with Gasteiger partial charge in [0.1, 0.15) is 17.4 Å². The van der Waals surface area contributed by atoms with Gasteiger partial charge in [0.25, 0.3) is 0 Å². The maximum Gasteiger partial charge on any atom is 0.446 e. The highest BCUT2D eigenvalue weighted by Gasteiger charge is 2.31. The molecule has 96 valence electrons. The molecule has 18 heavy (non-hydrogen) atoms. The molecule has 4 nitrogen and oxygen atoms in total. The third-order valence-electron chi connectivity index (χ3n) is 1.88. The fourth-order valence-corrected chi connectivity index (χ4v) is 1.83. The van der Waals surface area contributed by atoms with Crippen molar-refractivity contribution in [2.75, 3.05) is 7.11 Å². The Morgan fingerprint density at radius 3 is 2.50 bits per heavy atom. The van der Waals surface area contributed by atoms with E-state index in [4.69, 9.17) is 15.1 Å². The molecule has 0 unspecified atom stereocenters. The smallest absolute Gasteiger partial charge is 0.446 e. The first-order chi connectivity index (χ1) is 8.28. The van der Waals surface area contributed by atoms with E-state index in [2.05, 4.69) is 0 Å². The Labute approximate surface area is 104 Å². The fourth-order valence-electron chi connectivity index (χ4n) is 1.19. The summed E-state index contributed by atoms with van der Waals surface area (Å²) in [5.74, 6) is -1.59. The van der Waals surface area contributed by atoms with Crippen molar-refractivity contribution in [3.05, 3.63) is 23.3 Å². The highest BCUT2D eigenvalue weighted by Crippen LogP contribution is 2.40. The predicted octanol–water partition coefficient (Wildman–Crippen LogP) is 2.88. The standard InChI is InChI=1S/C10H6F3NO3S/c1-17-7-2-5(4-14)8(18-10(11,12)13)3-6(7)9(15)16/h2-3H,1H3,(H,15,16). The minimum Gasteiger partial charge on any atom is -0.496 e. The third kappa shape index (κ3) is 3.30. The van der Waals surface area contributed by atoms with Crippen LogP contribution in [0.5, 0.6) is 5.75 Å².